The van der Waals surface area contributed by atoms with Gasteiger partial charge in [0.15, 0.2) is 0 Å². The highest BCUT2D eigenvalue weighted by atomic mass is 32.2. The summed E-state index contributed by atoms with van der Waals surface area (Å²) >= 11 is 1.42. The molecule has 0 N–H and O–H groups in total. The first-order valence-corrected chi connectivity index (χ1v) is 7.15. The molecule has 0 aliphatic carbocycles. The molecule has 0 aliphatic rings. The number of rotatable bonds is 4. The third-order valence-corrected chi connectivity index (χ3v) is 3.71. The van der Waals surface area contributed by atoms with Gasteiger partial charge in [-0.1, -0.05) is 48.2 Å². The fraction of sp³-hybridized carbons (Fsp3) is 0.0667. The Kier molecular flexibility index (Phi) is 3.78. The summed E-state index contributed by atoms with van der Waals surface area (Å²) in [7, 11) is 0. The van der Waals surface area contributed by atoms with Crippen LogP contribution >= 0.6 is 11.8 Å². The number of halogens is 1. The lowest BCUT2D eigenvalue weighted by Crippen LogP contribution is -1.94. The Bertz CT molecular complexity index is 697. The molecule has 0 aliphatic heterocycles. The zero-order chi connectivity index (χ0) is 13.8. The van der Waals surface area contributed by atoms with Gasteiger partial charge in [-0.05, 0) is 23.8 Å². The van der Waals surface area contributed by atoms with Crippen LogP contribution in [0.3, 0.4) is 0 Å². The van der Waals surface area contributed by atoms with E-state index in [0.29, 0.717) is 16.5 Å². The number of thioether (sulfide) groups is 1. The normalized spacial score (nSPS) is 10.7. The van der Waals surface area contributed by atoms with Crippen molar-refractivity contribution in [3.63, 3.8) is 0 Å². The highest BCUT2D eigenvalue weighted by Gasteiger charge is 2.06. The van der Waals surface area contributed by atoms with E-state index in [-0.39, 0.29) is 5.82 Å². The molecule has 1 aromatic heterocycles. The van der Waals surface area contributed by atoms with Crippen LogP contribution in [-0.2, 0) is 5.75 Å². The van der Waals surface area contributed by atoms with E-state index in [9.17, 15) is 4.39 Å². The maximum absolute atomic E-state index is 13.5. The van der Waals surface area contributed by atoms with Gasteiger partial charge in [-0.3, -0.25) is 0 Å². The van der Waals surface area contributed by atoms with Gasteiger partial charge in [-0.15, -0.1) is 5.10 Å². The van der Waals surface area contributed by atoms with Crippen LogP contribution in [-0.4, -0.2) is 14.8 Å². The zero-order valence-corrected chi connectivity index (χ0v) is 11.4. The van der Waals surface area contributed by atoms with E-state index in [1.54, 1.807) is 23.1 Å². The molecule has 3 rings (SSSR count). The smallest absolute Gasteiger partial charge is 0.209 e. The van der Waals surface area contributed by atoms with Crippen molar-refractivity contribution in [1.29, 1.82) is 0 Å². The van der Waals surface area contributed by atoms with Gasteiger partial charge in [0.2, 0.25) is 5.16 Å². The van der Waals surface area contributed by atoms with Crippen LogP contribution in [0.15, 0.2) is 66.1 Å². The molecule has 1 heterocycles. The SMILES string of the molecule is Fc1ccccc1CSc1ncn(-c2ccccc2)n1. The zero-order valence-electron chi connectivity index (χ0n) is 10.6. The van der Waals surface area contributed by atoms with Crippen molar-refractivity contribution in [3.05, 3.63) is 72.3 Å². The molecule has 2 aromatic carbocycles. The molecule has 0 unspecified atom stereocenters. The summed E-state index contributed by atoms with van der Waals surface area (Å²) in [5, 5.41) is 5.01. The predicted molar refractivity (Wildman–Crippen MR) is 77.3 cm³/mol. The number of hydrogen-bond donors (Lipinski definition) is 0. The van der Waals surface area contributed by atoms with E-state index in [1.807, 2.05) is 36.4 Å². The number of hydrogen-bond acceptors (Lipinski definition) is 3. The summed E-state index contributed by atoms with van der Waals surface area (Å²) < 4.78 is 15.2. The lowest BCUT2D eigenvalue weighted by atomic mass is 10.2. The quantitative estimate of drug-likeness (QED) is 0.685. The van der Waals surface area contributed by atoms with Crippen molar-refractivity contribution in [2.45, 2.75) is 10.9 Å². The fourth-order valence-electron chi connectivity index (χ4n) is 1.78. The first-order valence-electron chi connectivity index (χ1n) is 6.16. The molecule has 100 valence electrons. The van der Waals surface area contributed by atoms with Crippen LogP contribution in [0, 0.1) is 5.82 Å². The Balaban J connectivity index is 1.71. The molecule has 0 atom stereocenters. The third-order valence-electron chi connectivity index (χ3n) is 2.81. The summed E-state index contributed by atoms with van der Waals surface area (Å²) in [6.07, 6.45) is 1.67. The van der Waals surface area contributed by atoms with Gasteiger partial charge in [0.1, 0.15) is 12.1 Å². The van der Waals surface area contributed by atoms with Crippen LogP contribution in [0.25, 0.3) is 5.69 Å². The van der Waals surface area contributed by atoms with E-state index < -0.39 is 0 Å². The van der Waals surface area contributed by atoms with Crippen molar-refractivity contribution in [3.8, 4) is 5.69 Å². The minimum Gasteiger partial charge on any atom is -0.220 e. The van der Waals surface area contributed by atoms with Crippen LogP contribution in [0.2, 0.25) is 0 Å². The minimum absolute atomic E-state index is 0.192. The Morgan fingerprint density at radius 2 is 1.75 bits per heavy atom. The lowest BCUT2D eigenvalue weighted by molar-refractivity contribution is 0.617. The van der Waals surface area contributed by atoms with Crippen LogP contribution in [0.5, 0.6) is 0 Å². The fourth-order valence-corrected chi connectivity index (χ4v) is 2.56. The van der Waals surface area contributed by atoms with Crippen LogP contribution < -0.4 is 0 Å². The average Bonchev–Trinajstić information content (AvgIpc) is 2.96. The van der Waals surface area contributed by atoms with E-state index >= 15 is 0 Å². The summed E-state index contributed by atoms with van der Waals surface area (Å²) in [6.45, 7) is 0. The predicted octanol–water partition coefficient (Wildman–Crippen LogP) is 3.70. The van der Waals surface area contributed by atoms with Gasteiger partial charge in [0, 0.05) is 5.75 Å². The molecule has 0 bridgehead atoms. The minimum atomic E-state index is -0.192. The topological polar surface area (TPSA) is 30.7 Å². The molecule has 5 heteroatoms. The van der Waals surface area contributed by atoms with E-state index in [0.717, 1.165) is 5.69 Å². The highest BCUT2D eigenvalue weighted by Crippen LogP contribution is 2.21. The Hall–Kier alpha value is -2.14. The number of nitrogens with zero attached hydrogens (tertiary/aromatic N) is 3. The average molecular weight is 285 g/mol. The van der Waals surface area contributed by atoms with Gasteiger partial charge < -0.3 is 0 Å². The van der Waals surface area contributed by atoms with Crippen molar-refractivity contribution in [2.24, 2.45) is 0 Å². The molecular formula is C15H12FN3S. The van der Waals surface area contributed by atoms with Gasteiger partial charge in [-0.25, -0.2) is 14.1 Å². The molecular weight excluding hydrogens is 273 g/mol. The van der Waals surface area contributed by atoms with Crippen LogP contribution in [0.4, 0.5) is 4.39 Å². The maximum Gasteiger partial charge on any atom is 0.209 e. The van der Waals surface area contributed by atoms with E-state index in [2.05, 4.69) is 10.1 Å². The third kappa shape index (κ3) is 2.88. The van der Waals surface area contributed by atoms with Crippen molar-refractivity contribution in [1.82, 2.24) is 14.8 Å². The van der Waals surface area contributed by atoms with E-state index in [1.165, 1.54) is 17.8 Å². The van der Waals surface area contributed by atoms with Crippen molar-refractivity contribution >= 4 is 11.8 Å². The number of benzene rings is 2. The molecule has 0 amide bonds. The first-order chi connectivity index (χ1) is 9.83. The van der Waals surface area contributed by atoms with E-state index in [4.69, 9.17) is 0 Å². The second-order valence-electron chi connectivity index (χ2n) is 4.19. The molecule has 0 spiro atoms. The Morgan fingerprint density at radius 3 is 2.55 bits per heavy atom. The second kappa shape index (κ2) is 5.88. The summed E-state index contributed by atoms with van der Waals surface area (Å²) in [5.74, 6) is 0.327. The molecule has 3 aromatic rings. The summed E-state index contributed by atoms with van der Waals surface area (Å²) in [4.78, 5) is 4.23. The van der Waals surface area contributed by atoms with Gasteiger partial charge in [0.05, 0.1) is 5.69 Å². The van der Waals surface area contributed by atoms with Gasteiger partial charge in [-0.2, -0.15) is 0 Å². The second-order valence-corrected chi connectivity index (χ2v) is 5.13. The molecule has 3 nitrogen and oxygen atoms in total. The van der Waals surface area contributed by atoms with Crippen molar-refractivity contribution < 1.29 is 4.39 Å². The van der Waals surface area contributed by atoms with Gasteiger partial charge in [0.25, 0.3) is 0 Å². The first kappa shape index (κ1) is 12.9. The Morgan fingerprint density at radius 1 is 1.00 bits per heavy atom. The lowest BCUT2D eigenvalue weighted by Gasteiger charge is -2.00. The monoisotopic (exact) mass is 285 g/mol. The molecule has 0 saturated carbocycles. The van der Waals surface area contributed by atoms with Crippen LogP contribution in [0.1, 0.15) is 5.56 Å². The van der Waals surface area contributed by atoms with Crippen molar-refractivity contribution in [2.75, 3.05) is 0 Å². The highest BCUT2D eigenvalue weighted by molar-refractivity contribution is 7.98. The Labute approximate surface area is 120 Å². The largest absolute Gasteiger partial charge is 0.220 e. The summed E-state index contributed by atoms with van der Waals surface area (Å²) in [6, 6.07) is 16.5. The molecule has 20 heavy (non-hydrogen) atoms. The maximum atomic E-state index is 13.5. The molecule has 0 saturated heterocycles. The van der Waals surface area contributed by atoms with Gasteiger partial charge >= 0.3 is 0 Å². The molecule has 0 radical (unpaired) electrons. The number of para-hydroxylation sites is 1. The standard InChI is InChI=1S/C15H12FN3S/c16-14-9-5-4-6-12(14)10-20-15-17-11-19(18-15)13-7-2-1-3-8-13/h1-9,11H,10H2. The number of aromatic nitrogens is 3. The summed E-state index contributed by atoms with van der Waals surface area (Å²) in [5.41, 5.74) is 1.62. The molecule has 0 fully saturated rings.